The number of benzene rings is 2. The summed E-state index contributed by atoms with van der Waals surface area (Å²) >= 11 is 1.60. The number of carbonyl (C=O) groups is 4. The molecule has 1 aliphatic rings. The Morgan fingerprint density at radius 3 is 2.28 bits per heavy atom. The summed E-state index contributed by atoms with van der Waals surface area (Å²) in [6, 6.07) is 14.9. The number of carbonyl (C=O) groups excluding carboxylic acids is 4. The number of nitrogens with two attached hydrogens (primary N) is 1. The molecule has 0 unspecified atom stereocenters. The third kappa shape index (κ3) is 12.3. The molecule has 294 valence electrons. The van der Waals surface area contributed by atoms with Crippen LogP contribution in [0.15, 0.2) is 54.0 Å². The maximum atomic E-state index is 14.1. The summed E-state index contributed by atoms with van der Waals surface area (Å²) in [6.07, 6.45) is 3.28. The van der Waals surface area contributed by atoms with Gasteiger partial charge in [0.2, 0.25) is 17.7 Å². The lowest BCUT2D eigenvalue weighted by Crippen LogP contribution is -2.56. The molecule has 1 saturated heterocycles. The third-order valence-electron chi connectivity index (χ3n) is 10.6. The number of ether oxygens (including phenoxy) is 1. The summed E-state index contributed by atoms with van der Waals surface area (Å²) in [5.41, 5.74) is 11.8. The van der Waals surface area contributed by atoms with Crippen LogP contribution >= 0.6 is 11.3 Å². The molecule has 10 nitrogen and oxygen atoms in total. The maximum Gasteiger partial charge on any atom is 0.246 e. The molecule has 0 aliphatic carbocycles. The van der Waals surface area contributed by atoms with E-state index in [1.165, 1.54) is 10.5 Å². The zero-order valence-corrected chi connectivity index (χ0v) is 33.9. The molecule has 0 radical (unpaired) electrons. The van der Waals surface area contributed by atoms with Gasteiger partial charge in [0.15, 0.2) is 5.78 Å². The number of amides is 3. The summed E-state index contributed by atoms with van der Waals surface area (Å²) in [5.74, 6) is -0.759. The fourth-order valence-electron chi connectivity index (χ4n) is 6.92. The summed E-state index contributed by atoms with van der Waals surface area (Å²) in [7, 11) is 0. The van der Waals surface area contributed by atoms with Crippen LogP contribution in [0.5, 0.6) is 0 Å². The van der Waals surface area contributed by atoms with E-state index in [1.54, 1.807) is 11.3 Å². The molecule has 0 spiro atoms. The number of hydrogen-bond acceptors (Lipinski definition) is 8. The highest BCUT2D eigenvalue weighted by molar-refractivity contribution is 7.13. The lowest BCUT2D eigenvalue weighted by molar-refractivity contribution is -0.143. The number of aliphatic hydroxyl groups excluding tert-OH is 1. The minimum absolute atomic E-state index is 0.0113. The zero-order valence-electron chi connectivity index (χ0n) is 33.1. The van der Waals surface area contributed by atoms with Crippen molar-refractivity contribution in [3.63, 3.8) is 0 Å². The first-order valence-electron chi connectivity index (χ1n) is 19.3. The first-order chi connectivity index (χ1) is 25.5. The standard InChI is InChI=1S/C43H60N4O6S/c1-27(12-21-38(44)50)30(4)53-25-32-15-13-31(14-16-32)10-8-9-11-39(51)46-41(43(5,6)7)42(52)47-24-35(48)23-36(47)37(49)22-28(2)33-17-19-34(20-18-33)40-29(3)45-26-54-40/h13-20,26-28,30,35-36,41,48H,8-12,21-25H2,1-7H3,(H2,44,50)(H,46,51)/t27-,28+,30+,35+,36-,41+/m0/s1. The molecule has 0 bridgehead atoms. The lowest BCUT2D eigenvalue weighted by atomic mass is 9.85. The van der Waals surface area contributed by atoms with E-state index in [0.29, 0.717) is 25.9 Å². The smallest absolute Gasteiger partial charge is 0.246 e. The van der Waals surface area contributed by atoms with Crippen molar-refractivity contribution in [2.75, 3.05) is 6.54 Å². The average Bonchev–Trinajstić information content (AvgIpc) is 3.75. The number of hydrogen-bond donors (Lipinski definition) is 3. The van der Waals surface area contributed by atoms with Crippen molar-refractivity contribution in [3.05, 3.63) is 76.4 Å². The molecule has 11 heteroatoms. The van der Waals surface area contributed by atoms with Gasteiger partial charge >= 0.3 is 0 Å². The number of β-amino-alcohol motifs (C(OH)–C–C–N with tert-alkyl or cyclic N) is 1. The van der Waals surface area contributed by atoms with Gasteiger partial charge in [-0.2, -0.15) is 0 Å². The van der Waals surface area contributed by atoms with Crippen LogP contribution < -0.4 is 11.1 Å². The molecular weight excluding hydrogens is 701 g/mol. The molecule has 1 aromatic heterocycles. The second-order valence-electron chi connectivity index (χ2n) is 16.2. The van der Waals surface area contributed by atoms with Crippen molar-refractivity contribution < 1.29 is 29.0 Å². The van der Waals surface area contributed by atoms with Gasteiger partial charge in [0.05, 0.1) is 40.9 Å². The topological polar surface area (TPSA) is 152 Å². The van der Waals surface area contributed by atoms with Gasteiger partial charge in [0.1, 0.15) is 6.04 Å². The Hall–Kier alpha value is -3.93. The van der Waals surface area contributed by atoms with Crippen LogP contribution in [0.25, 0.3) is 10.4 Å². The largest absolute Gasteiger partial charge is 0.391 e. The zero-order chi connectivity index (χ0) is 39.6. The number of aryl methyl sites for hydroxylation is 2. The van der Waals surface area contributed by atoms with Crippen LogP contribution in [0.1, 0.15) is 115 Å². The Morgan fingerprint density at radius 1 is 1.00 bits per heavy atom. The number of thiazole rings is 1. The number of likely N-dealkylation sites (tertiary alicyclic amines) is 1. The van der Waals surface area contributed by atoms with Gasteiger partial charge in [-0.1, -0.05) is 83.1 Å². The van der Waals surface area contributed by atoms with Crippen LogP contribution in [0.2, 0.25) is 0 Å². The summed E-state index contributed by atoms with van der Waals surface area (Å²) in [6.45, 7) is 14.3. The fraction of sp³-hybridized carbons (Fsp3) is 0.558. The first-order valence-corrected chi connectivity index (χ1v) is 20.2. The predicted molar refractivity (Wildman–Crippen MR) is 214 cm³/mol. The monoisotopic (exact) mass is 760 g/mol. The number of aromatic nitrogens is 1. The second-order valence-corrected chi connectivity index (χ2v) is 17.1. The van der Waals surface area contributed by atoms with Gasteiger partial charge in [0.25, 0.3) is 0 Å². The van der Waals surface area contributed by atoms with Gasteiger partial charge in [-0.15, -0.1) is 11.3 Å². The quantitative estimate of drug-likeness (QED) is 0.113. The van der Waals surface area contributed by atoms with E-state index in [0.717, 1.165) is 40.1 Å². The molecule has 1 aliphatic heterocycles. The molecule has 1 fully saturated rings. The summed E-state index contributed by atoms with van der Waals surface area (Å²) in [4.78, 5) is 59.0. The Labute approximate surface area is 325 Å². The lowest BCUT2D eigenvalue weighted by Gasteiger charge is -2.35. The van der Waals surface area contributed by atoms with E-state index in [2.05, 4.69) is 53.6 Å². The van der Waals surface area contributed by atoms with E-state index in [9.17, 15) is 24.3 Å². The molecule has 4 N–H and O–H groups in total. The summed E-state index contributed by atoms with van der Waals surface area (Å²) < 4.78 is 6.01. The minimum Gasteiger partial charge on any atom is -0.391 e. The molecule has 54 heavy (non-hydrogen) atoms. The van der Waals surface area contributed by atoms with Crippen LogP contribution in [0.4, 0.5) is 0 Å². The predicted octanol–water partition coefficient (Wildman–Crippen LogP) is 6.89. The van der Waals surface area contributed by atoms with E-state index < -0.39 is 23.6 Å². The number of aliphatic hydroxyl groups is 1. The van der Waals surface area contributed by atoms with Crippen molar-refractivity contribution in [2.24, 2.45) is 17.1 Å². The van der Waals surface area contributed by atoms with Crippen LogP contribution in [-0.2, 0) is 36.9 Å². The normalized spacial score (nSPS) is 18.2. The number of rotatable bonds is 19. The van der Waals surface area contributed by atoms with Gasteiger partial charge in [-0.25, -0.2) is 4.98 Å². The Morgan fingerprint density at radius 2 is 1.67 bits per heavy atom. The Kier molecular flexibility index (Phi) is 15.5. The molecule has 2 aromatic carbocycles. The molecule has 0 saturated carbocycles. The highest BCUT2D eigenvalue weighted by Crippen LogP contribution is 2.32. The van der Waals surface area contributed by atoms with Crippen molar-refractivity contribution in [1.29, 1.82) is 0 Å². The average molecular weight is 761 g/mol. The maximum absolute atomic E-state index is 14.1. The highest BCUT2D eigenvalue weighted by atomic mass is 32.1. The molecule has 3 aromatic rings. The van der Waals surface area contributed by atoms with Gasteiger partial charge in [0, 0.05) is 32.2 Å². The number of primary amides is 1. The third-order valence-corrected chi connectivity index (χ3v) is 11.6. The van der Waals surface area contributed by atoms with Crippen LogP contribution in [0.3, 0.4) is 0 Å². The van der Waals surface area contributed by atoms with Crippen molar-refractivity contribution >= 4 is 34.8 Å². The molecular formula is C43H60N4O6S. The van der Waals surface area contributed by atoms with Gasteiger partial charge in [-0.3, -0.25) is 19.2 Å². The number of nitrogens with zero attached hydrogens (tertiary/aromatic N) is 2. The number of nitrogens with one attached hydrogen (secondary N) is 1. The van der Waals surface area contributed by atoms with E-state index in [4.69, 9.17) is 10.5 Å². The highest BCUT2D eigenvalue weighted by Gasteiger charge is 2.44. The van der Waals surface area contributed by atoms with E-state index >= 15 is 0 Å². The Balaban J connectivity index is 1.25. The summed E-state index contributed by atoms with van der Waals surface area (Å²) in [5, 5.41) is 13.6. The molecule has 2 heterocycles. The van der Waals surface area contributed by atoms with Crippen molar-refractivity contribution in [3.8, 4) is 10.4 Å². The Bertz CT molecular complexity index is 1700. The van der Waals surface area contributed by atoms with Crippen molar-refractivity contribution in [2.45, 2.75) is 137 Å². The minimum atomic E-state index is -0.839. The first kappa shape index (κ1) is 42.8. The molecule has 6 atom stereocenters. The van der Waals surface area contributed by atoms with Gasteiger partial charge in [-0.05, 0) is 79.0 Å². The molecule has 3 amide bonds. The van der Waals surface area contributed by atoms with Gasteiger partial charge < -0.3 is 25.8 Å². The fourth-order valence-corrected chi connectivity index (χ4v) is 7.73. The second kappa shape index (κ2) is 19.6. The number of unbranched alkanes of at least 4 members (excludes halogenated alkanes) is 1. The van der Waals surface area contributed by atoms with Crippen molar-refractivity contribution in [1.82, 2.24) is 15.2 Å². The van der Waals surface area contributed by atoms with E-state index in [1.807, 2.05) is 59.2 Å². The number of Topliss-reactive ketones (excluding diaryl/α,β-unsaturated/α-hetero) is 1. The molecule has 4 rings (SSSR count). The SMILES string of the molecule is Cc1ncsc1-c1ccc([C@H](C)CC(=O)[C@@H]2C[C@@H](O)CN2C(=O)[C@@H](NC(=O)CCCCc2ccc(CO[C@H](C)[C@@H](C)CCC(N)=O)cc2)C(C)(C)C)cc1. The number of ketones is 1. The van der Waals surface area contributed by atoms with E-state index in [-0.39, 0.29) is 67.3 Å². The van der Waals surface area contributed by atoms with Crippen LogP contribution in [-0.4, -0.2) is 69.3 Å². The van der Waals surface area contributed by atoms with Crippen LogP contribution in [0, 0.1) is 18.3 Å².